The number of ketones is 1. The van der Waals surface area contributed by atoms with E-state index in [-0.39, 0.29) is 24.6 Å². The molecule has 0 amide bonds. The van der Waals surface area contributed by atoms with Crippen molar-refractivity contribution in [2.45, 2.75) is 40.0 Å². The summed E-state index contributed by atoms with van der Waals surface area (Å²) in [7, 11) is 0. The lowest BCUT2D eigenvalue weighted by Crippen LogP contribution is -2.10. The van der Waals surface area contributed by atoms with Crippen LogP contribution in [0.15, 0.2) is 18.2 Å². The number of hydrogen-bond donors (Lipinski definition) is 0. The first-order valence-corrected chi connectivity index (χ1v) is 6.26. The van der Waals surface area contributed by atoms with Gasteiger partial charge in [0.2, 0.25) is 0 Å². The Labute approximate surface area is 108 Å². The number of benzene rings is 1. The third-order valence-corrected chi connectivity index (χ3v) is 2.81. The molecule has 1 aromatic rings. The molecule has 3 heteroatoms. The van der Waals surface area contributed by atoms with Gasteiger partial charge in [0.05, 0.1) is 13.0 Å². The summed E-state index contributed by atoms with van der Waals surface area (Å²) in [4.78, 5) is 22.9. The number of rotatable bonds is 6. The van der Waals surface area contributed by atoms with Crippen LogP contribution < -0.4 is 0 Å². The van der Waals surface area contributed by atoms with Crippen molar-refractivity contribution in [1.29, 1.82) is 0 Å². The van der Waals surface area contributed by atoms with Crippen molar-refractivity contribution < 1.29 is 14.3 Å². The zero-order chi connectivity index (χ0) is 13.5. The van der Waals surface area contributed by atoms with Crippen LogP contribution in [0.3, 0.4) is 0 Å². The molecule has 0 radical (unpaired) electrons. The molecule has 0 fully saturated rings. The maximum atomic E-state index is 11.8. The first-order valence-electron chi connectivity index (χ1n) is 6.26. The molecule has 0 aliphatic rings. The van der Waals surface area contributed by atoms with Crippen molar-refractivity contribution in [2.24, 2.45) is 0 Å². The number of esters is 1. The number of carbonyl (C=O) groups is 2. The van der Waals surface area contributed by atoms with Gasteiger partial charge in [0.25, 0.3) is 0 Å². The Balaban J connectivity index is 2.49. The number of Topliss-reactive ketones (excluding diaryl/α,β-unsaturated/α-hetero) is 1. The first-order chi connectivity index (χ1) is 8.52. The minimum Gasteiger partial charge on any atom is -0.466 e. The molecule has 1 aromatic carbocycles. The summed E-state index contributed by atoms with van der Waals surface area (Å²) in [5, 5.41) is 0. The second kappa shape index (κ2) is 6.94. The van der Waals surface area contributed by atoms with Crippen LogP contribution >= 0.6 is 0 Å². The smallest absolute Gasteiger partial charge is 0.306 e. The van der Waals surface area contributed by atoms with Crippen molar-refractivity contribution in [2.75, 3.05) is 6.61 Å². The molecule has 3 nitrogen and oxygen atoms in total. The predicted molar refractivity (Wildman–Crippen MR) is 70.5 cm³/mol. The number of aryl methyl sites for hydroxylation is 2. The second-order valence-corrected chi connectivity index (χ2v) is 4.45. The molecule has 0 atom stereocenters. The fourth-order valence-corrected chi connectivity index (χ4v) is 1.77. The van der Waals surface area contributed by atoms with E-state index in [4.69, 9.17) is 4.74 Å². The predicted octanol–water partition coefficient (Wildman–Crippen LogP) is 2.76. The zero-order valence-corrected chi connectivity index (χ0v) is 11.3. The van der Waals surface area contributed by atoms with Gasteiger partial charge < -0.3 is 4.74 Å². The van der Waals surface area contributed by atoms with Crippen molar-refractivity contribution in [3.63, 3.8) is 0 Å². The molecular formula is C15H20O3. The lowest BCUT2D eigenvalue weighted by Gasteiger charge is -2.06. The Kier molecular flexibility index (Phi) is 5.56. The van der Waals surface area contributed by atoms with E-state index in [0.717, 1.165) is 16.7 Å². The van der Waals surface area contributed by atoms with Crippen molar-refractivity contribution in [1.82, 2.24) is 0 Å². The Morgan fingerprint density at radius 2 is 1.89 bits per heavy atom. The topological polar surface area (TPSA) is 43.4 Å². The van der Waals surface area contributed by atoms with Crippen LogP contribution in [-0.2, 0) is 20.7 Å². The van der Waals surface area contributed by atoms with E-state index in [1.807, 2.05) is 32.0 Å². The van der Waals surface area contributed by atoms with Gasteiger partial charge in [-0.05, 0) is 31.9 Å². The largest absolute Gasteiger partial charge is 0.466 e. The number of hydrogen-bond acceptors (Lipinski definition) is 3. The molecule has 18 heavy (non-hydrogen) atoms. The molecule has 0 spiro atoms. The van der Waals surface area contributed by atoms with Crippen LogP contribution in [0.4, 0.5) is 0 Å². The summed E-state index contributed by atoms with van der Waals surface area (Å²) < 4.78 is 4.79. The molecular weight excluding hydrogens is 228 g/mol. The highest BCUT2D eigenvalue weighted by Gasteiger charge is 2.09. The lowest BCUT2D eigenvalue weighted by molar-refractivity contribution is -0.144. The highest BCUT2D eigenvalue weighted by Crippen LogP contribution is 2.12. The Bertz CT molecular complexity index is 435. The standard InChI is InChI=1S/C15H20O3/c1-4-18-15(17)8-7-14(16)10-13-9-11(2)5-6-12(13)3/h5-6,9H,4,7-8,10H2,1-3H3. The summed E-state index contributed by atoms with van der Waals surface area (Å²) >= 11 is 0. The molecule has 0 heterocycles. The monoisotopic (exact) mass is 248 g/mol. The van der Waals surface area contributed by atoms with Gasteiger partial charge in [0, 0.05) is 12.8 Å². The minimum absolute atomic E-state index is 0.0803. The van der Waals surface area contributed by atoms with E-state index in [1.165, 1.54) is 0 Å². The third-order valence-electron chi connectivity index (χ3n) is 2.81. The number of carbonyl (C=O) groups excluding carboxylic acids is 2. The second-order valence-electron chi connectivity index (χ2n) is 4.45. The van der Waals surface area contributed by atoms with Crippen LogP contribution in [-0.4, -0.2) is 18.4 Å². The highest BCUT2D eigenvalue weighted by atomic mass is 16.5. The molecule has 0 unspecified atom stereocenters. The fraction of sp³-hybridized carbons (Fsp3) is 0.467. The fourth-order valence-electron chi connectivity index (χ4n) is 1.77. The Morgan fingerprint density at radius 1 is 1.17 bits per heavy atom. The van der Waals surface area contributed by atoms with E-state index in [2.05, 4.69) is 0 Å². The summed E-state index contributed by atoms with van der Waals surface area (Å²) in [5.74, 6) is -0.219. The van der Waals surface area contributed by atoms with Crippen molar-refractivity contribution in [3.05, 3.63) is 34.9 Å². The van der Waals surface area contributed by atoms with Crippen LogP contribution in [0.25, 0.3) is 0 Å². The number of ether oxygens (including phenoxy) is 1. The minimum atomic E-state index is -0.299. The van der Waals surface area contributed by atoms with E-state index >= 15 is 0 Å². The maximum Gasteiger partial charge on any atom is 0.306 e. The van der Waals surface area contributed by atoms with Gasteiger partial charge in [0.1, 0.15) is 5.78 Å². The van der Waals surface area contributed by atoms with E-state index < -0.39 is 0 Å². The normalized spacial score (nSPS) is 10.2. The molecule has 0 N–H and O–H groups in total. The van der Waals surface area contributed by atoms with Crippen LogP contribution in [0.2, 0.25) is 0 Å². The quantitative estimate of drug-likeness (QED) is 0.727. The van der Waals surface area contributed by atoms with E-state index in [9.17, 15) is 9.59 Å². The third kappa shape index (κ3) is 4.70. The summed E-state index contributed by atoms with van der Waals surface area (Å²) in [6, 6.07) is 6.07. The molecule has 1 rings (SSSR count). The van der Waals surface area contributed by atoms with Crippen LogP contribution in [0.1, 0.15) is 36.5 Å². The summed E-state index contributed by atoms with van der Waals surface area (Å²) in [5.41, 5.74) is 3.31. The molecule has 0 aliphatic carbocycles. The van der Waals surface area contributed by atoms with Gasteiger partial charge in [-0.1, -0.05) is 23.8 Å². The molecule has 0 aromatic heterocycles. The first kappa shape index (κ1) is 14.4. The molecule has 98 valence electrons. The van der Waals surface area contributed by atoms with E-state index in [1.54, 1.807) is 6.92 Å². The van der Waals surface area contributed by atoms with E-state index in [0.29, 0.717) is 13.0 Å². The van der Waals surface area contributed by atoms with Gasteiger partial charge in [0.15, 0.2) is 0 Å². The molecule has 0 aliphatic heterocycles. The molecule has 0 bridgehead atoms. The van der Waals surface area contributed by atoms with Crippen LogP contribution in [0, 0.1) is 13.8 Å². The molecule has 0 saturated heterocycles. The van der Waals surface area contributed by atoms with Gasteiger partial charge in [-0.3, -0.25) is 9.59 Å². The van der Waals surface area contributed by atoms with Crippen molar-refractivity contribution >= 4 is 11.8 Å². The zero-order valence-electron chi connectivity index (χ0n) is 11.3. The van der Waals surface area contributed by atoms with Gasteiger partial charge >= 0.3 is 5.97 Å². The average molecular weight is 248 g/mol. The van der Waals surface area contributed by atoms with Gasteiger partial charge in [-0.2, -0.15) is 0 Å². The summed E-state index contributed by atoms with van der Waals surface area (Å²) in [6.07, 6.45) is 0.830. The van der Waals surface area contributed by atoms with Gasteiger partial charge in [-0.15, -0.1) is 0 Å². The van der Waals surface area contributed by atoms with Gasteiger partial charge in [-0.25, -0.2) is 0 Å². The lowest BCUT2D eigenvalue weighted by atomic mass is 9.99. The summed E-state index contributed by atoms with van der Waals surface area (Å²) in [6.45, 7) is 6.12. The Hall–Kier alpha value is -1.64. The molecule has 0 saturated carbocycles. The van der Waals surface area contributed by atoms with Crippen LogP contribution in [0.5, 0.6) is 0 Å². The van der Waals surface area contributed by atoms with Crippen molar-refractivity contribution in [3.8, 4) is 0 Å². The Morgan fingerprint density at radius 3 is 2.56 bits per heavy atom. The SMILES string of the molecule is CCOC(=O)CCC(=O)Cc1cc(C)ccc1C. The maximum absolute atomic E-state index is 11.8. The average Bonchev–Trinajstić information content (AvgIpc) is 2.32. The highest BCUT2D eigenvalue weighted by molar-refractivity contribution is 5.84.